The highest BCUT2D eigenvalue weighted by molar-refractivity contribution is 14.0. The number of halogens is 1. The second kappa shape index (κ2) is 10.3. The molecule has 0 spiro atoms. The van der Waals surface area contributed by atoms with Crippen LogP contribution in [0.2, 0.25) is 0 Å². The Bertz CT molecular complexity index is 926. The zero-order valence-corrected chi connectivity index (χ0v) is 18.7. The number of aromatic nitrogens is 2. The van der Waals surface area contributed by atoms with Crippen LogP contribution in [0.4, 0.5) is 0 Å². The summed E-state index contributed by atoms with van der Waals surface area (Å²) in [6.45, 7) is 1.95. The summed E-state index contributed by atoms with van der Waals surface area (Å²) >= 11 is 0. The molecule has 154 valence electrons. The number of nitrogens with one attached hydrogen (secondary N) is 3. The van der Waals surface area contributed by atoms with Crippen LogP contribution in [0.5, 0.6) is 11.5 Å². The van der Waals surface area contributed by atoms with Crippen LogP contribution in [0, 0.1) is 0 Å². The molecule has 29 heavy (non-hydrogen) atoms. The first-order valence-electron chi connectivity index (χ1n) is 9.58. The molecule has 8 heteroatoms. The molecule has 2 aromatic carbocycles. The van der Waals surface area contributed by atoms with E-state index in [9.17, 15) is 0 Å². The first-order chi connectivity index (χ1) is 13.8. The smallest absolute Gasteiger partial charge is 0.191 e. The summed E-state index contributed by atoms with van der Waals surface area (Å²) < 4.78 is 11.7. The normalized spacial score (nSPS) is 15.6. The quantitative estimate of drug-likeness (QED) is 0.207. The highest BCUT2D eigenvalue weighted by atomic mass is 127. The highest BCUT2D eigenvalue weighted by Crippen LogP contribution is 2.30. The number of guanidine groups is 1. The van der Waals surface area contributed by atoms with E-state index in [1.165, 1.54) is 0 Å². The Labute approximate surface area is 187 Å². The number of imidazole rings is 1. The van der Waals surface area contributed by atoms with E-state index in [4.69, 9.17) is 9.47 Å². The zero-order valence-electron chi connectivity index (χ0n) is 16.4. The van der Waals surface area contributed by atoms with Gasteiger partial charge < -0.3 is 25.1 Å². The first kappa shape index (κ1) is 21.2. The summed E-state index contributed by atoms with van der Waals surface area (Å²) in [6, 6.07) is 15.8. The summed E-state index contributed by atoms with van der Waals surface area (Å²) in [4.78, 5) is 12.2. The van der Waals surface area contributed by atoms with E-state index >= 15 is 0 Å². The molecule has 0 radical (unpaired) electrons. The van der Waals surface area contributed by atoms with Gasteiger partial charge >= 0.3 is 0 Å². The first-order valence-corrected chi connectivity index (χ1v) is 9.58. The maximum atomic E-state index is 5.96. The fourth-order valence-corrected chi connectivity index (χ4v) is 3.18. The van der Waals surface area contributed by atoms with Crippen LogP contribution >= 0.6 is 24.0 Å². The van der Waals surface area contributed by atoms with Crippen molar-refractivity contribution in [2.45, 2.75) is 18.9 Å². The molecule has 3 N–H and O–H groups in total. The molecule has 1 unspecified atom stereocenters. The van der Waals surface area contributed by atoms with Crippen LogP contribution in [0.1, 0.15) is 12.2 Å². The average molecular weight is 507 g/mol. The summed E-state index contributed by atoms with van der Waals surface area (Å²) in [5.41, 5.74) is 2.10. The Morgan fingerprint density at radius 1 is 1.14 bits per heavy atom. The Hall–Kier alpha value is -2.49. The monoisotopic (exact) mass is 507 g/mol. The number of fused-ring (bicyclic) bond motifs is 2. The van der Waals surface area contributed by atoms with E-state index in [1.807, 2.05) is 48.5 Å². The summed E-state index contributed by atoms with van der Waals surface area (Å²) in [5, 5.41) is 6.63. The summed E-state index contributed by atoms with van der Waals surface area (Å²) in [7, 11) is 1.77. The fourth-order valence-electron chi connectivity index (χ4n) is 3.18. The predicted molar refractivity (Wildman–Crippen MR) is 126 cm³/mol. The van der Waals surface area contributed by atoms with Crippen molar-refractivity contribution in [1.82, 2.24) is 20.6 Å². The average Bonchev–Trinajstić information content (AvgIpc) is 3.16. The highest BCUT2D eigenvalue weighted by Gasteiger charge is 2.20. The summed E-state index contributed by atoms with van der Waals surface area (Å²) in [5.74, 6) is 3.35. The molecule has 0 bridgehead atoms. The minimum atomic E-state index is -0.0519. The molecule has 1 aliphatic rings. The topological polar surface area (TPSA) is 83.6 Å². The van der Waals surface area contributed by atoms with E-state index < -0.39 is 0 Å². The molecule has 2 heterocycles. The van der Waals surface area contributed by atoms with E-state index in [1.54, 1.807) is 7.05 Å². The Morgan fingerprint density at radius 3 is 2.76 bits per heavy atom. The van der Waals surface area contributed by atoms with Gasteiger partial charge in [-0.25, -0.2) is 4.98 Å². The van der Waals surface area contributed by atoms with Gasteiger partial charge in [0.05, 0.1) is 17.6 Å². The van der Waals surface area contributed by atoms with Crippen molar-refractivity contribution in [2.75, 3.05) is 26.7 Å². The Morgan fingerprint density at radius 2 is 1.93 bits per heavy atom. The van der Waals surface area contributed by atoms with Crippen LogP contribution < -0.4 is 20.1 Å². The Balaban J connectivity index is 0.00000240. The number of hydrogen-bond donors (Lipinski definition) is 3. The van der Waals surface area contributed by atoms with Gasteiger partial charge in [-0.3, -0.25) is 4.99 Å². The van der Waals surface area contributed by atoms with E-state index in [2.05, 4.69) is 25.6 Å². The molecule has 0 aliphatic carbocycles. The summed E-state index contributed by atoms with van der Waals surface area (Å²) in [6.07, 6.45) is 1.79. The lowest BCUT2D eigenvalue weighted by Gasteiger charge is -2.27. The number of H-pyrrole nitrogens is 1. The Kier molecular flexibility index (Phi) is 7.56. The van der Waals surface area contributed by atoms with Crippen molar-refractivity contribution in [1.29, 1.82) is 0 Å². The molecule has 0 saturated heterocycles. The van der Waals surface area contributed by atoms with Gasteiger partial charge in [0.2, 0.25) is 0 Å². The maximum Gasteiger partial charge on any atom is 0.191 e. The molecular formula is C21H26IN5O2. The largest absolute Gasteiger partial charge is 0.486 e. The van der Waals surface area contributed by atoms with Crippen molar-refractivity contribution >= 4 is 41.0 Å². The van der Waals surface area contributed by atoms with Crippen molar-refractivity contribution in [3.63, 3.8) is 0 Å². The van der Waals surface area contributed by atoms with Crippen LogP contribution in [-0.4, -0.2) is 48.8 Å². The molecule has 7 nitrogen and oxygen atoms in total. The molecule has 0 amide bonds. The van der Waals surface area contributed by atoms with Crippen molar-refractivity contribution < 1.29 is 9.47 Å². The lowest BCUT2D eigenvalue weighted by atomic mass is 10.2. The molecule has 1 atom stereocenters. The lowest BCUT2D eigenvalue weighted by Crippen LogP contribution is -2.45. The van der Waals surface area contributed by atoms with Gasteiger partial charge in [-0.05, 0) is 30.7 Å². The minimum absolute atomic E-state index is 0. The molecule has 3 aromatic rings. The van der Waals surface area contributed by atoms with Crippen LogP contribution in [0.15, 0.2) is 53.5 Å². The minimum Gasteiger partial charge on any atom is -0.486 e. The molecule has 0 fully saturated rings. The number of aromatic amines is 1. The van der Waals surface area contributed by atoms with Gasteiger partial charge in [0.15, 0.2) is 17.5 Å². The number of ether oxygens (including phenoxy) is 2. The van der Waals surface area contributed by atoms with Gasteiger partial charge in [-0.1, -0.05) is 24.3 Å². The van der Waals surface area contributed by atoms with Gasteiger partial charge in [0.25, 0.3) is 0 Å². The third-order valence-electron chi connectivity index (χ3n) is 4.61. The third-order valence-corrected chi connectivity index (χ3v) is 4.61. The van der Waals surface area contributed by atoms with Crippen molar-refractivity contribution in [3.05, 3.63) is 54.4 Å². The standard InChI is InChI=1S/C21H25N5O2.HI/c1-22-21(24-13-15-14-27-18-9-4-5-10-19(18)28-15)23-12-6-11-20-25-16-7-2-3-8-17(16)26-20;/h2-5,7-10,15H,6,11-14H2,1H3,(H,25,26)(H2,22,23,24);1H. The number of rotatable bonds is 6. The fraction of sp³-hybridized carbons (Fsp3) is 0.333. The van der Waals surface area contributed by atoms with Gasteiger partial charge in [-0.15, -0.1) is 24.0 Å². The predicted octanol–water partition coefficient (Wildman–Crippen LogP) is 3.12. The number of para-hydroxylation sites is 4. The van der Waals surface area contributed by atoms with Crippen molar-refractivity contribution in [3.8, 4) is 11.5 Å². The molecule has 1 aliphatic heterocycles. The van der Waals surface area contributed by atoms with Gasteiger partial charge in [-0.2, -0.15) is 0 Å². The molecule has 0 saturated carbocycles. The number of aryl methyl sites for hydroxylation is 1. The van der Waals surface area contributed by atoms with E-state index in [0.29, 0.717) is 13.2 Å². The van der Waals surface area contributed by atoms with Crippen LogP contribution in [0.25, 0.3) is 11.0 Å². The second-order valence-electron chi connectivity index (χ2n) is 6.68. The lowest BCUT2D eigenvalue weighted by molar-refractivity contribution is 0.0936. The van der Waals surface area contributed by atoms with Crippen LogP contribution in [-0.2, 0) is 6.42 Å². The van der Waals surface area contributed by atoms with E-state index in [-0.39, 0.29) is 30.1 Å². The number of hydrogen-bond acceptors (Lipinski definition) is 4. The van der Waals surface area contributed by atoms with Gasteiger partial charge in [0.1, 0.15) is 18.5 Å². The number of benzene rings is 2. The SMILES string of the molecule is CN=C(NCCCc1nc2ccccc2[nH]1)NCC1COc2ccccc2O1.I. The maximum absolute atomic E-state index is 5.96. The third kappa shape index (κ3) is 5.53. The second-order valence-corrected chi connectivity index (χ2v) is 6.68. The zero-order chi connectivity index (χ0) is 19.2. The van der Waals surface area contributed by atoms with Crippen LogP contribution in [0.3, 0.4) is 0 Å². The molecular weight excluding hydrogens is 481 g/mol. The van der Waals surface area contributed by atoms with Crippen molar-refractivity contribution in [2.24, 2.45) is 4.99 Å². The van der Waals surface area contributed by atoms with Gasteiger partial charge in [0, 0.05) is 20.0 Å². The number of nitrogens with zero attached hydrogens (tertiary/aromatic N) is 2. The number of aliphatic imine (C=N–C) groups is 1. The van der Waals surface area contributed by atoms with E-state index in [0.717, 1.165) is 53.7 Å². The molecule has 4 rings (SSSR count). The molecule has 1 aromatic heterocycles.